The van der Waals surface area contributed by atoms with E-state index in [4.69, 9.17) is 10.5 Å². The molecule has 2 aromatic carbocycles. The summed E-state index contributed by atoms with van der Waals surface area (Å²) in [7, 11) is 0. The summed E-state index contributed by atoms with van der Waals surface area (Å²) in [6.45, 7) is 0. The van der Waals surface area contributed by atoms with Gasteiger partial charge < -0.3 is 21.1 Å². The molecule has 162 valence electrons. The van der Waals surface area contributed by atoms with Gasteiger partial charge in [-0.15, -0.1) is 0 Å². The van der Waals surface area contributed by atoms with Crippen LogP contribution in [-0.4, -0.2) is 16.8 Å². The minimum atomic E-state index is -0.976. The molecule has 0 saturated heterocycles. The van der Waals surface area contributed by atoms with Crippen molar-refractivity contribution in [1.29, 1.82) is 5.26 Å². The van der Waals surface area contributed by atoms with E-state index in [0.717, 1.165) is 12.1 Å². The molecule has 0 aliphatic carbocycles. The molecule has 1 aromatic heterocycles. The molecule has 8 nitrogen and oxygen atoms in total. The number of ether oxygens (including phenoxy) is 1. The van der Waals surface area contributed by atoms with Gasteiger partial charge in [0.2, 0.25) is 11.8 Å². The molecule has 1 unspecified atom stereocenters. The fourth-order valence-corrected chi connectivity index (χ4v) is 2.71. The van der Waals surface area contributed by atoms with E-state index in [1.807, 2.05) is 6.07 Å². The van der Waals surface area contributed by atoms with E-state index in [9.17, 15) is 23.6 Å². The summed E-state index contributed by atoms with van der Waals surface area (Å²) in [4.78, 5) is 28.0. The van der Waals surface area contributed by atoms with E-state index in [2.05, 4.69) is 15.6 Å². The Morgan fingerprint density at radius 2 is 1.84 bits per heavy atom. The van der Waals surface area contributed by atoms with Crippen LogP contribution in [0.3, 0.4) is 0 Å². The summed E-state index contributed by atoms with van der Waals surface area (Å²) in [5.74, 6) is -3.71. The molecule has 4 N–H and O–H groups in total. The van der Waals surface area contributed by atoms with Crippen LogP contribution < -0.4 is 21.1 Å². The first-order valence-corrected chi connectivity index (χ1v) is 9.28. The summed E-state index contributed by atoms with van der Waals surface area (Å²) in [6.07, 6.45) is 0.647. The van der Waals surface area contributed by atoms with Gasteiger partial charge >= 0.3 is 0 Å². The lowest BCUT2D eigenvalue weighted by Gasteiger charge is -2.13. The number of aromatic nitrogens is 1. The van der Waals surface area contributed by atoms with Crippen molar-refractivity contribution in [2.45, 2.75) is 12.5 Å². The average Bonchev–Trinajstić information content (AvgIpc) is 2.76. The van der Waals surface area contributed by atoms with Gasteiger partial charge in [0.15, 0.2) is 17.4 Å². The van der Waals surface area contributed by atoms with Gasteiger partial charge in [0.1, 0.15) is 24.0 Å². The number of carbonyl (C=O) groups excluding carboxylic acids is 2. The number of nitrogens with zero attached hydrogens (tertiary/aromatic N) is 2. The van der Waals surface area contributed by atoms with E-state index in [0.29, 0.717) is 5.56 Å². The van der Waals surface area contributed by atoms with Crippen LogP contribution in [-0.2, 0) is 9.59 Å². The zero-order valence-corrected chi connectivity index (χ0v) is 16.5. The average molecular weight is 437 g/mol. The van der Waals surface area contributed by atoms with Crippen molar-refractivity contribution in [3.63, 3.8) is 0 Å². The van der Waals surface area contributed by atoms with Crippen molar-refractivity contribution in [2.24, 2.45) is 0 Å². The van der Waals surface area contributed by atoms with E-state index in [1.54, 1.807) is 30.3 Å². The Bertz CT molecular complexity index is 1180. The first-order valence-electron chi connectivity index (χ1n) is 9.28. The first-order chi connectivity index (χ1) is 15.4. The summed E-state index contributed by atoms with van der Waals surface area (Å²) in [5.41, 5.74) is 5.59. The molecule has 0 saturated carbocycles. The molecule has 0 aliphatic heterocycles. The molecule has 1 atom stereocenters. The number of anilines is 2. The number of carbonyl (C=O) groups is 2. The molecule has 0 radical (unpaired) electrons. The summed E-state index contributed by atoms with van der Waals surface area (Å²) in [5, 5.41) is 13.8. The predicted octanol–water partition coefficient (Wildman–Crippen LogP) is 3.44. The van der Waals surface area contributed by atoms with Crippen molar-refractivity contribution >= 4 is 23.3 Å². The van der Waals surface area contributed by atoms with Crippen LogP contribution in [0.25, 0.3) is 0 Å². The monoisotopic (exact) mass is 437 g/mol. The summed E-state index contributed by atoms with van der Waals surface area (Å²) >= 11 is 0. The number of hydrogen-bond donors (Lipinski definition) is 3. The third kappa shape index (κ3) is 5.76. The van der Waals surface area contributed by atoms with Crippen molar-refractivity contribution in [3.05, 3.63) is 78.0 Å². The SMILES string of the molecule is N#CC(NC(=O)CC(=O)Nc1cc(F)c(Oc2ccnc(N)c2)cc1F)c1ccccc1. The van der Waals surface area contributed by atoms with Crippen LogP contribution in [0.4, 0.5) is 20.3 Å². The maximum Gasteiger partial charge on any atom is 0.233 e. The van der Waals surface area contributed by atoms with Gasteiger partial charge in [-0.05, 0) is 11.6 Å². The standard InChI is InChI=1S/C22H17F2N5O3/c23-15-10-19(32-14-6-7-27-20(26)8-14)16(24)9-17(15)28-21(30)11-22(31)29-18(12-25)13-4-2-1-3-5-13/h1-10,18H,11H2,(H2,26,27)(H,28,30)(H,29,31). The number of pyridine rings is 1. The number of nitrogens with one attached hydrogen (secondary N) is 2. The fourth-order valence-electron chi connectivity index (χ4n) is 2.71. The second kappa shape index (κ2) is 9.99. The van der Waals surface area contributed by atoms with E-state index in [1.165, 1.54) is 18.3 Å². The van der Waals surface area contributed by atoms with Crippen LogP contribution in [0.1, 0.15) is 18.0 Å². The highest BCUT2D eigenvalue weighted by atomic mass is 19.1. The number of rotatable bonds is 7. The van der Waals surface area contributed by atoms with Gasteiger partial charge in [-0.25, -0.2) is 13.8 Å². The Labute approximate surface area is 181 Å². The molecular weight excluding hydrogens is 420 g/mol. The molecule has 0 aliphatic rings. The summed E-state index contributed by atoms with van der Waals surface area (Å²) in [6, 6.07) is 13.6. The Hall–Kier alpha value is -4.52. The second-order valence-corrected chi connectivity index (χ2v) is 6.55. The van der Waals surface area contributed by atoms with Gasteiger partial charge in [-0.2, -0.15) is 5.26 Å². The molecule has 0 spiro atoms. The number of halogens is 2. The molecule has 3 rings (SSSR count). The number of hydrogen-bond acceptors (Lipinski definition) is 6. The minimum Gasteiger partial charge on any atom is -0.454 e. The largest absolute Gasteiger partial charge is 0.454 e. The molecule has 10 heteroatoms. The molecule has 0 fully saturated rings. The van der Waals surface area contributed by atoms with Crippen LogP contribution in [0.15, 0.2) is 60.8 Å². The van der Waals surface area contributed by atoms with Crippen LogP contribution >= 0.6 is 0 Å². The zero-order chi connectivity index (χ0) is 23.1. The zero-order valence-electron chi connectivity index (χ0n) is 16.5. The number of amides is 2. The maximum atomic E-state index is 14.4. The fraction of sp³-hybridized carbons (Fsp3) is 0.0909. The normalized spacial score (nSPS) is 11.2. The smallest absolute Gasteiger partial charge is 0.233 e. The lowest BCUT2D eigenvalue weighted by Crippen LogP contribution is -2.31. The lowest BCUT2D eigenvalue weighted by atomic mass is 10.1. The number of nitrogen functional groups attached to an aromatic ring is 1. The molecule has 3 aromatic rings. The van der Waals surface area contributed by atoms with E-state index < -0.39 is 47.3 Å². The van der Waals surface area contributed by atoms with Gasteiger partial charge in [0.25, 0.3) is 0 Å². The van der Waals surface area contributed by atoms with Crippen LogP contribution in [0, 0.1) is 23.0 Å². The van der Waals surface area contributed by atoms with Crippen LogP contribution in [0.2, 0.25) is 0 Å². The third-order valence-corrected chi connectivity index (χ3v) is 4.16. The molecule has 32 heavy (non-hydrogen) atoms. The third-order valence-electron chi connectivity index (χ3n) is 4.16. The first kappa shape index (κ1) is 22.2. The maximum absolute atomic E-state index is 14.4. The number of nitriles is 1. The van der Waals surface area contributed by atoms with Gasteiger partial charge in [0.05, 0.1) is 11.8 Å². The van der Waals surface area contributed by atoms with Crippen molar-refractivity contribution in [3.8, 4) is 17.6 Å². The van der Waals surface area contributed by atoms with Crippen molar-refractivity contribution in [2.75, 3.05) is 11.1 Å². The quantitative estimate of drug-likeness (QED) is 0.486. The molecule has 0 bridgehead atoms. The highest BCUT2D eigenvalue weighted by molar-refractivity contribution is 6.03. The van der Waals surface area contributed by atoms with Crippen molar-refractivity contribution < 1.29 is 23.1 Å². The van der Waals surface area contributed by atoms with E-state index in [-0.39, 0.29) is 11.6 Å². The van der Waals surface area contributed by atoms with Gasteiger partial charge in [-0.3, -0.25) is 9.59 Å². The Morgan fingerprint density at radius 3 is 2.53 bits per heavy atom. The lowest BCUT2D eigenvalue weighted by molar-refractivity contribution is -0.127. The van der Waals surface area contributed by atoms with E-state index >= 15 is 0 Å². The Balaban J connectivity index is 1.62. The molecular formula is C22H17F2N5O3. The second-order valence-electron chi connectivity index (χ2n) is 6.55. The number of benzene rings is 2. The highest BCUT2D eigenvalue weighted by Gasteiger charge is 2.18. The number of nitrogens with two attached hydrogens (primary N) is 1. The van der Waals surface area contributed by atoms with Crippen molar-refractivity contribution in [1.82, 2.24) is 10.3 Å². The Morgan fingerprint density at radius 1 is 1.09 bits per heavy atom. The highest BCUT2D eigenvalue weighted by Crippen LogP contribution is 2.29. The summed E-state index contributed by atoms with van der Waals surface area (Å²) < 4.78 is 33.9. The predicted molar refractivity (Wildman–Crippen MR) is 111 cm³/mol. The minimum absolute atomic E-state index is 0.136. The van der Waals surface area contributed by atoms with Gasteiger partial charge in [0, 0.05) is 24.4 Å². The molecule has 1 heterocycles. The molecule has 2 amide bonds. The van der Waals surface area contributed by atoms with Gasteiger partial charge in [-0.1, -0.05) is 30.3 Å². The topological polar surface area (TPSA) is 130 Å². The van der Waals surface area contributed by atoms with Crippen LogP contribution in [0.5, 0.6) is 11.5 Å². The Kier molecular flexibility index (Phi) is 6.92.